The Morgan fingerprint density at radius 1 is 1.39 bits per heavy atom. The van der Waals surface area contributed by atoms with Crippen molar-refractivity contribution in [2.24, 2.45) is 5.92 Å². The third-order valence-corrected chi connectivity index (χ3v) is 4.29. The number of hydrogen-bond acceptors (Lipinski definition) is 3. The molecule has 23 heavy (non-hydrogen) atoms. The van der Waals surface area contributed by atoms with E-state index >= 15 is 0 Å². The monoisotopic (exact) mass is 345 g/mol. The Hall–Kier alpha value is -1.60. The van der Waals surface area contributed by atoms with Crippen molar-refractivity contribution in [3.05, 3.63) is 39.4 Å². The lowest BCUT2D eigenvalue weighted by Crippen LogP contribution is -2.41. The summed E-state index contributed by atoms with van der Waals surface area (Å²) < 4.78 is 38.6. The molecule has 1 fully saturated rings. The maximum atomic E-state index is 12.9. The first-order valence-electron chi connectivity index (χ1n) is 7.30. The van der Waals surface area contributed by atoms with Gasteiger partial charge in [-0.2, -0.15) is 13.2 Å². The summed E-state index contributed by atoms with van der Waals surface area (Å²) >= 11 is 5.90. The number of aromatic nitrogens is 2. The fourth-order valence-corrected chi connectivity index (χ4v) is 3.08. The van der Waals surface area contributed by atoms with Crippen LogP contribution < -0.4 is 5.56 Å². The van der Waals surface area contributed by atoms with Crippen molar-refractivity contribution in [2.45, 2.75) is 25.6 Å². The maximum Gasteiger partial charge on any atom is 0.393 e. The number of nitrogens with one attached hydrogen (secondary N) is 1. The topological polar surface area (TPSA) is 49.0 Å². The van der Waals surface area contributed by atoms with Crippen LogP contribution in [0.4, 0.5) is 13.2 Å². The predicted molar refractivity (Wildman–Crippen MR) is 81.4 cm³/mol. The molecule has 1 aliphatic rings. The molecule has 0 spiro atoms. The molecule has 0 aliphatic carbocycles. The van der Waals surface area contributed by atoms with E-state index in [1.807, 2.05) is 0 Å². The van der Waals surface area contributed by atoms with Crippen LogP contribution in [-0.4, -0.2) is 34.1 Å². The van der Waals surface area contributed by atoms with Gasteiger partial charge in [0.25, 0.3) is 5.56 Å². The van der Waals surface area contributed by atoms with E-state index < -0.39 is 12.1 Å². The molecule has 1 saturated heterocycles. The summed E-state index contributed by atoms with van der Waals surface area (Å²) in [6.07, 6.45) is -3.55. The van der Waals surface area contributed by atoms with Crippen LogP contribution in [0, 0.1) is 5.92 Å². The van der Waals surface area contributed by atoms with Crippen molar-refractivity contribution >= 4 is 22.5 Å². The first-order chi connectivity index (χ1) is 10.8. The molecule has 4 nitrogen and oxygen atoms in total. The Labute approximate surface area is 135 Å². The van der Waals surface area contributed by atoms with Crippen molar-refractivity contribution < 1.29 is 13.2 Å². The van der Waals surface area contributed by atoms with Crippen molar-refractivity contribution in [3.8, 4) is 0 Å². The van der Waals surface area contributed by atoms with Gasteiger partial charge in [-0.3, -0.25) is 9.69 Å². The first-order valence-corrected chi connectivity index (χ1v) is 7.68. The highest BCUT2D eigenvalue weighted by atomic mass is 35.5. The maximum absolute atomic E-state index is 12.9. The SMILES string of the molecule is O=c1[nH]c(CN2CCCC(C(F)(F)F)C2)nc2cc(Cl)ccc12. The molecule has 0 radical (unpaired) electrons. The van der Waals surface area contributed by atoms with Crippen molar-refractivity contribution in [3.63, 3.8) is 0 Å². The van der Waals surface area contributed by atoms with Gasteiger partial charge in [-0.05, 0) is 37.6 Å². The summed E-state index contributed by atoms with van der Waals surface area (Å²) in [5, 5.41) is 0.863. The van der Waals surface area contributed by atoms with Crippen LogP contribution in [-0.2, 0) is 6.54 Å². The summed E-state index contributed by atoms with van der Waals surface area (Å²) in [4.78, 5) is 20.7. The molecule has 0 amide bonds. The van der Waals surface area contributed by atoms with Crippen LogP contribution >= 0.6 is 11.6 Å². The van der Waals surface area contributed by atoms with E-state index in [4.69, 9.17) is 11.6 Å². The number of aromatic amines is 1. The van der Waals surface area contributed by atoms with Gasteiger partial charge < -0.3 is 4.98 Å². The predicted octanol–water partition coefficient (Wildman–Crippen LogP) is 3.35. The van der Waals surface area contributed by atoms with Crippen LogP contribution in [0.5, 0.6) is 0 Å². The molecule has 1 aromatic carbocycles. The smallest absolute Gasteiger partial charge is 0.309 e. The highest BCUT2D eigenvalue weighted by molar-refractivity contribution is 6.31. The van der Waals surface area contributed by atoms with Crippen LogP contribution in [0.15, 0.2) is 23.0 Å². The fourth-order valence-electron chi connectivity index (χ4n) is 2.91. The quantitative estimate of drug-likeness (QED) is 0.908. The Balaban J connectivity index is 1.82. The number of alkyl halides is 3. The van der Waals surface area contributed by atoms with Crippen LogP contribution in [0.3, 0.4) is 0 Å². The van der Waals surface area contributed by atoms with E-state index in [0.29, 0.717) is 34.7 Å². The summed E-state index contributed by atoms with van der Waals surface area (Å²) in [7, 11) is 0. The molecule has 1 aromatic heterocycles. The molecule has 1 atom stereocenters. The lowest BCUT2D eigenvalue weighted by atomic mass is 9.97. The lowest BCUT2D eigenvalue weighted by Gasteiger charge is -2.33. The molecule has 8 heteroatoms. The van der Waals surface area contributed by atoms with Gasteiger partial charge in [-0.15, -0.1) is 0 Å². The molecule has 2 heterocycles. The Kier molecular flexibility index (Phi) is 4.33. The van der Waals surface area contributed by atoms with Gasteiger partial charge in [-0.25, -0.2) is 4.98 Å². The van der Waals surface area contributed by atoms with E-state index in [1.165, 1.54) is 0 Å². The molecular weight excluding hydrogens is 331 g/mol. The minimum atomic E-state index is -4.18. The van der Waals surface area contributed by atoms with Gasteiger partial charge in [0.2, 0.25) is 0 Å². The summed E-state index contributed by atoms with van der Waals surface area (Å²) in [6.45, 7) is 0.676. The van der Waals surface area contributed by atoms with E-state index in [2.05, 4.69) is 9.97 Å². The number of hydrogen-bond donors (Lipinski definition) is 1. The summed E-state index contributed by atoms with van der Waals surface area (Å²) in [5.74, 6) is -0.967. The number of fused-ring (bicyclic) bond motifs is 1. The lowest BCUT2D eigenvalue weighted by molar-refractivity contribution is -0.187. The molecular formula is C15H15ClF3N3O. The Morgan fingerprint density at radius 3 is 2.91 bits per heavy atom. The van der Waals surface area contributed by atoms with Crippen LogP contribution in [0.2, 0.25) is 5.02 Å². The Bertz CT molecular complexity index is 775. The summed E-state index contributed by atoms with van der Waals surface area (Å²) in [5.41, 5.74) is 0.131. The number of piperidine rings is 1. The van der Waals surface area contributed by atoms with Gasteiger partial charge in [0.15, 0.2) is 0 Å². The fraction of sp³-hybridized carbons (Fsp3) is 0.467. The van der Waals surface area contributed by atoms with Crippen molar-refractivity contribution in [2.75, 3.05) is 13.1 Å². The second kappa shape index (κ2) is 6.13. The summed E-state index contributed by atoms with van der Waals surface area (Å²) in [6, 6.07) is 4.75. The average molecular weight is 346 g/mol. The second-order valence-corrected chi connectivity index (χ2v) is 6.23. The number of benzene rings is 1. The zero-order chi connectivity index (χ0) is 16.6. The van der Waals surface area contributed by atoms with Gasteiger partial charge >= 0.3 is 6.18 Å². The zero-order valence-corrected chi connectivity index (χ0v) is 12.9. The average Bonchev–Trinajstić information content (AvgIpc) is 2.46. The molecule has 3 rings (SSSR count). The molecule has 2 aromatic rings. The Morgan fingerprint density at radius 2 is 2.17 bits per heavy atom. The molecule has 1 N–H and O–H groups in total. The first kappa shape index (κ1) is 16.3. The normalized spacial score (nSPS) is 20.1. The molecule has 124 valence electrons. The second-order valence-electron chi connectivity index (χ2n) is 5.79. The van der Waals surface area contributed by atoms with Crippen LogP contribution in [0.1, 0.15) is 18.7 Å². The molecule has 0 saturated carbocycles. The van der Waals surface area contributed by atoms with Crippen molar-refractivity contribution in [1.82, 2.24) is 14.9 Å². The molecule has 1 aliphatic heterocycles. The van der Waals surface area contributed by atoms with E-state index in [9.17, 15) is 18.0 Å². The molecule has 0 bridgehead atoms. The molecule has 1 unspecified atom stereocenters. The minimum Gasteiger partial charge on any atom is -0.309 e. The third kappa shape index (κ3) is 3.67. The minimum absolute atomic E-state index is 0.0687. The van der Waals surface area contributed by atoms with Crippen LogP contribution in [0.25, 0.3) is 10.9 Å². The highest BCUT2D eigenvalue weighted by Crippen LogP contribution is 2.33. The van der Waals surface area contributed by atoms with E-state index in [1.54, 1.807) is 23.1 Å². The van der Waals surface area contributed by atoms with Gasteiger partial charge in [-0.1, -0.05) is 11.6 Å². The van der Waals surface area contributed by atoms with Crippen molar-refractivity contribution in [1.29, 1.82) is 0 Å². The number of H-pyrrole nitrogens is 1. The number of nitrogens with zero attached hydrogens (tertiary/aromatic N) is 2. The number of likely N-dealkylation sites (tertiary alicyclic amines) is 1. The third-order valence-electron chi connectivity index (χ3n) is 4.06. The standard InChI is InChI=1S/C15H15ClF3N3O/c16-10-3-4-11-12(6-10)20-13(21-14(11)23)8-22-5-1-2-9(7-22)15(17,18)19/h3-4,6,9H,1-2,5,7-8H2,(H,20,21,23). The van der Waals surface area contributed by atoms with Gasteiger partial charge in [0.1, 0.15) is 5.82 Å². The zero-order valence-electron chi connectivity index (χ0n) is 12.2. The van der Waals surface area contributed by atoms with E-state index in [-0.39, 0.29) is 25.1 Å². The number of rotatable bonds is 2. The highest BCUT2D eigenvalue weighted by Gasteiger charge is 2.41. The largest absolute Gasteiger partial charge is 0.393 e. The number of halogens is 4. The van der Waals surface area contributed by atoms with Gasteiger partial charge in [0, 0.05) is 11.6 Å². The van der Waals surface area contributed by atoms with E-state index in [0.717, 1.165) is 0 Å². The van der Waals surface area contributed by atoms with Gasteiger partial charge in [0.05, 0.1) is 23.4 Å².